The number of unbranched alkanes of at least 4 members (excludes halogenated alkanes) is 59. The quantitative estimate of drug-likeness (QED) is 0.0243. The van der Waals surface area contributed by atoms with Crippen LogP contribution < -0.4 is 5.32 Å². The maximum absolute atomic E-state index is 13.1. The molecule has 0 bridgehead atoms. The normalized spacial score (nSPS) is 13.6. The van der Waals surface area contributed by atoms with Crippen LogP contribution in [0.15, 0.2) is 36.5 Å². The standard InChI is InChI=1S/C81H159N2O6P/c1-6-8-10-12-14-16-18-20-22-24-26-28-30-32-34-36-37-38-39-40-41-42-43-44-45-47-49-51-53-55-57-59-61-63-65-67-69-71-73-75-81(85)82-79(78-89-90(86,87)88-77-76-83(3,4)5)80(84)74-72-70-68-66-64-62-60-58-56-54-52-50-48-46-35-33-31-29-27-25-23-21-19-17-15-13-11-9-7-2/h18,20,24,26,72,74,79-80,84H,6-17,19,21-23,25,27-71,73,75-78H2,1-5H3,(H-,82,85,86,87)/p+1/b20-18-,26-24-,74-72+. The number of allylic oxidation sites excluding steroid dienone is 5. The molecule has 0 aliphatic heterocycles. The summed E-state index contributed by atoms with van der Waals surface area (Å²) >= 11 is 0. The number of phosphoric ester groups is 1. The molecule has 0 aromatic heterocycles. The van der Waals surface area contributed by atoms with Crippen molar-refractivity contribution < 1.29 is 32.9 Å². The van der Waals surface area contributed by atoms with Gasteiger partial charge in [0, 0.05) is 6.42 Å². The fourth-order valence-corrected chi connectivity index (χ4v) is 13.3. The molecule has 0 aliphatic rings. The van der Waals surface area contributed by atoms with Crippen LogP contribution in [0.3, 0.4) is 0 Å². The third kappa shape index (κ3) is 74.1. The van der Waals surface area contributed by atoms with E-state index >= 15 is 0 Å². The van der Waals surface area contributed by atoms with Gasteiger partial charge >= 0.3 is 7.82 Å². The number of nitrogens with one attached hydrogen (secondary N) is 1. The Morgan fingerprint density at radius 2 is 0.633 bits per heavy atom. The van der Waals surface area contributed by atoms with Crippen LogP contribution >= 0.6 is 7.82 Å². The maximum Gasteiger partial charge on any atom is 0.472 e. The van der Waals surface area contributed by atoms with Gasteiger partial charge in [0.2, 0.25) is 5.91 Å². The van der Waals surface area contributed by atoms with Crippen molar-refractivity contribution in [2.24, 2.45) is 0 Å². The van der Waals surface area contributed by atoms with Gasteiger partial charge in [-0.05, 0) is 51.4 Å². The van der Waals surface area contributed by atoms with Gasteiger partial charge in [-0.15, -0.1) is 0 Å². The third-order valence-corrected chi connectivity index (χ3v) is 19.8. The molecule has 90 heavy (non-hydrogen) atoms. The molecular formula is C81H160N2O6P+. The largest absolute Gasteiger partial charge is 0.472 e. The van der Waals surface area contributed by atoms with E-state index in [1.165, 1.54) is 366 Å². The number of aliphatic hydroxyl groups excluding tert-OH is 1. The Labute approximate surface area is 563 Å². The van der Waals surface area contributed by atoms with Gasteiger partial charge in [-0.3, -0.25) is 13.8 Å². The number of hydrogen-bond acceptors (Lipinski definition) is 5. The number of carbonyl (C=O) groups is 1. The molecule has 0 spiro atoms. The molecule has 8 nitrogen and oxygen atoms in total. The van der Waals surface area contributed by atoms with E-state index in [2.05, 4.69) is 43.5 Å². The van der Waals surface area contributed by atoms with E-state index in [0.717, 1.165) is 38.5 Å². The lowest BCUT2D eigenvalue weighted by Gasteiger charge is -2.25. The van der Waals surface area contributed by atoms with Gasteiger partial charge in [0.15, 0.2) is 0 Å². The van der Waals surface area contributed by atoms with Crippen LogP contribution in [0.25, 0.3) is 0 Å². The van der Waals surface area contributed by atoms with Gasteiger partial charge in [-0.1, -0.05) is 403 Å². The summed E-state index contributed by atoms with van der Waals surface area (Å²) < 4.78 is 23.9. The van der Waals surface area contributed by atoms with E-state index in [0.29, 0.717) is 17.4 Å². The SMILES string of the molecule is CCCCCCC/C=C\C/C=C\CCCCCCCCCCCCCCCCCCCCCCCCCCCCCC(=O)NC(COP(=O)(O)OCC[N+](C)(C)C)C(O)/C=C/CCCCCCCCCCCCCCCCCCCCCCCCCCCCC. The summed E-state index contributed by atoms with van der Waals surface area (Å²) in [7, 11) is 1.60. The maximum atomic E-state index is 13.1. The van der Waals surface area contributed by atoms with E-state index < -0.39 is 20.0 Å². The molecule has 0 aromatic carbocycles. The Hall–Kier alpha value is -1.28. The fraction of sp³-hybridized carbons (Fsp3) is 0.914. The Morgan fingerprint density at radius 3 is 0.911 bits per heavy atom. The molecule has 0 saturated carbocycles. The van der Waals surface area contributed by atoms with Crippen LogP contribution in [-0.4, -0.2) is 73.4 Å². The highest BCUT2D eigenvalue weighted by Gasteiger charge is 2.28. The van der Waals surface area contributed by atoms with Gasteiger partial charge in [0.25, 0.3) is 0 Å². The number of rotatable bonds is 76. The number of amides is 1. The minimum atomic E-state index is -4.36. The third-order valence-electron chi connectivity index (χ3n) is 18.9. The second-order valence-electron chi connectivity index (χ2n) is 29.2. The van der Waals surface area contributed by atoms with Gasteiger partial charge < -0.3 is 19.8 Å². The van der Waals surface area contributed by atoms with Crippen LogP contribution in [-0.2, 0) is 18.4 Å². The molecule has 3 atom stereocenters. The Kier molecular flexibility index (Phi) is 71.0. The molecule has 0 heterocycles. The van der Waals surface area contributed by atoms with Crippen molar-refractivity contribution in [1.29, 1.82) is 0 Å². The Morgan fingerprint density at radius 1 is 0.378 bits per heavy atom. The van der Waals surface area contributed by atoms with Crippen molar-refractivity contribution in [1.82, 2.24) is 5.32 Å². The number of aliphatic hydroxyl groups is 1. The first-order valence-electron chi connectivity index (χ1n) is 40.4. The van der Waals surface area contributed by atoms with Gasteiger partial charge in [0.05, 0.1) is 39.9 Å². The second kappa shape index (κ2) is 72.0. The molecule has 0 aromatic rings. The van der Waals surface area contributed by atoms with E-state index in [1.54, 1.807) is 6.08 Å². The second-order valence-corrected chi connectivity index (χ2v) is 30.6. The van der Waals surface area contributed by atoms with Crippen LogP contribution in [0.2, 0.25) is 0 Å². The molecule has 9 heteroatoms. The highest BCUT2D eigenvalue weighted by molar-refractivity contribution is 7.47. The lowest BCUT2D eigenvalue weighted by Crippen LogP contribution is -2.45. The molecule has 0 fully saturated rings. The highest BCUT2D eigenvalue weighted by Crippen LogP contribution is 2.43. The molecule has 0 saturated heterocycles. The number of nitrogens with zero attached hydrogens (tertiary/aromatic N) is 1. The topological polar surface area (TPSA) is 105 Å². The average Bonchev–Trinajstić information content (AvgIpc) is 3.72. The van der Waals surface area contributed by atoms with E-state index in [4.69, 9.17) is 9.05 Å². The first-order chi connectivity index (χ1) is 44.0. The predicted molar refractivity (Wildman–Crippen MR) is 397 cm³/mol. The summed E-state index contributed by atoms with van der Waals surface area (Å²) in [6.45, 7) is 4.88. The summed E-state index contributed by atoms with van der Waals surface area (Å²) in [6, 6.07) is -0.846. The summed E-state index contributed by atoms with van der Waals surface area (Å²) in [4.78, 5) is 23.5. The average molecular weight is 1290 g/mol. The Balaban J connectivity index is 3.92. The van der Waals surface area contributed by atoms with Gasteiger partial charge in [-0.25, -0.2) is 4.57 Å². The Bertz CT molecular complexity index is 1560. The first kappa shape index (κ1) is 88.7. The number of quaternary nitrogens is 1. The molecule has 534 valence electrons. The number of phosphoric acid groups is 1. The smallest absolute Gasteiger partial charge is 0.387 e. The minimum Gasteiger partial charge on any atom is -0.387 e. The van der Waals surface area contributed by atoms with Crippen molar-refractivity contribution >= 4 is 13.7 Å². The number of carbonyl (C=O) groups excluding carboxylic acids is 1. The zero-order valence-corrected chi connectivity index (χ0v) is 62.3. The molecule has 3 unspecified atom stereocenters. The monoisotopic (exact) mass is 1290 g/mol. The lowest BCUT2D eigenvalue weighted by molar-refractivity contribution is -0.870. The molecule has 0 aliphatic carbocycles. The van der Waals surface area contributed by atoms with Gasteiger partial charge in [-0.2, -0.15) is 0 Å². The summed E-state index contributed by atoms with van der Waals surface area (Å²) in [5, 5.41) is 14.1. The van der Waals surface area contributed by atoms with E-state index in [-0.39, 0.29) is 19.1 Å². The van der Waals surface area contributed by atoms with Gasteiger partial charge in [0.1, 0.15) is 13.2 Å². The minimum absolute atomic E-state index is 0.0644. The molecule has 0 rings (SSSR count). The lowest BCUT2D eigenvalue weighted by atomic mass is 10.0. The molecule has 1 amide bonds. The van der Waals surface area contributed by atoms with Crippen LogP contribution in [0.4, 0.5) is 0 Å². The van der Waals surface area contributed by atoms with E-state index in [9.17, 15) is 19.4 Å². The summed E-state index contributed by atoms with van der Waals surface area (Å²) in [6.07, 6.45) is 97.7. The predicted octanol–water partition coefficient (Wildman–Crippen LogP) is 26.3. The van der Waals surface area contributed by atoms with Crippen molar-refractivity contribution in [3.63, 3.8) is 0 Å². The summed E-state index contributed by atoms with van der Waals surface area (Å²) in [5.41, 5.74) is 0. The van der Waals surface area contributed by atoms with E-state index in [1.807, 2.05) is 27.2 Å². The first-order valence-corrected chi connectivity index (χ1v) is 41.9. The summed E-state index contributed by atoms with van der Waals surface area (Å²) in [5.74, 6) is -0.167. The molecule has 3 N–H and O–H groups in total. The number of likely N-dealkylation sites (N-methyl/N-ethyl adjacent to an activating group) is 1. The zero-order chi connectivity index (χ0) is 65.5. The zero-order valence-electron chi connectivity index (χ0n) is 61.4. The van der Waals surface area contributed by atoms with Crippen molar-refractivity contribution in [2.45, 2.75) is 437 Å². The number of hydrogen-bond donors (Lipinski definition) is 3. The van der Waals surface area contributed by atoms with Crippen molar-refractivity contribution in [3.8, 4) is 0 Å². The van der Waals surface area contributed by atoms with Crippen molar-refractivity contribution in [3.05, 3.63) is 36.5 Å². The van der Waals surface area contributed by atoms with Crippen molar-refractivity contribution in [2.75, 3.05) is 40.9 Å². The van der Waals surface area contributed by atoms with Crippen LogP contribution in [0.1, 0.15) is 425 Å². The fourth-order valence-electron chi connectivity index (χ4n) is 12.6. The van der Waals surface area contributed by atoms with Crippen LogP contribution in [0, 0.1) is 0 Å². The molecular weight excluding hydrogens is 1130 g/mol. The van der Waals surface area contributed by atoms with Crippen LogP contribution in [0.5, 0.6) is 0 Å². The highest BCUT2D eigenvalue weighted by atomic mass is 31.2. The molecule has 0 radical (unpaired) electrons.